The minimum absolute atomic E-state index is 0.00574. The third kappa shape index (κ3) is 1.73. The van der Waals surface area contributed by atoms with E-state index in [2.05, 4.69) is 13.8 Å². The summed E-state index contributed by atoms with van der Waals surface area (Å²) < 4.78 is 0. The van der Waals surface area contributed by atoms with Crippen molar-refractivity contribution in [2.24, 2.45) is 16.7 Å². The van der Waals surface area contributed by atoms with E-state index in [1.54, 1.807) is 4.90 Å². The highest BCUT2D eigenvalue weighted by molar-refractivity contribution is 6.15. The fourth-order valence-corrected chi connectivity index (χ4v) is 4.46. The van der Waals surface area contributed by atoms with Crippen LogP contribution in [0.4, 0.5) is 5.69 Å². The normalized spacial score (nSPS) is 29.7. The van der Waals surface area contributed by atoms with Crippen molar-refractivity contribution in [3.05, 3.63) is 30.3 Å². The lowest BCUT2D eigenvalue weighted by molar-refractivity contribution is -0.143. The summed E-state index contributed by atoms with van der Waals surface area (Å²) in [5, 5.41) is 0. The van der Waals surface area contributed by atoms with Gasteiger partial charge < -0.3 is 4.90 Å². The van der Waals surface area contributed by atoms with Gasteiger partial charge in [-0.05, 0) is 43.2 Å². The van der Waals surface area contributed by atoms with Crippen LogP contribution in [0.3, 0.4) is 0 Å². The Labute approximate surface area is 126 Å². The third-order valence-corrected chi connectivity index (χ3v) is 5.89. The van der Waals surface area contributed by atoms with Crippen LogP contribution in [-0.2, 0) is 9.59 Å². The molecule has 112 valence electrons. The van der Waals surface area contributed by atoms with Crippen LogP contribution in [0, 0.1) is 16.7 Å². The van der Waals surface area contributed by atoms with Crippen LogP contribution in [0.15, 0.2) is 30.3 Å². The van der Waals surface area contributed by atoms with Crippen LogP contribution >= 0.6 is 0 Å². The highest BCUT2D eigenvalue weighted by Crippen LogP contribution is 2.64. The largest absolute Gasteiger partial charge is 0.312 e. The summed E-state index contributed by atoms with van der Waals surface area (Å²) in [5.41, 5.74) is -0.134. The number of nitrogens with zero attached hydrogens (tertiary/aromatic N) is 1. The lowest BCUT2D eigenvalue weighted by atomic mass is 9.68. The van der Waals surface area contributed by atoms with Crippen molar-refractivity contribution in [3.63, 3.8) is 0 Å². The van der Waals surface area contributed by atoms with Gasteiger partial charge in [0.2, 0.25) is 5.91 Å². The first-order valence-electron chi connectivity index (χ1n) is 7.85. The molecule has 2 bridgehead atoms. The molecule has 2 fully saturated rings. The molecule has 1 aromatic rings. The Morgan fingerprint density at radius 2 is 1.95 bits per heavy atom. The van der Waals surface area contributed by atoms with E-state index < -0.39 is 5.41 Å². The molecule has 0 heterocycles. The second kappa shape index (κ2) is 4.69. The number of para-hydroxylation sites is 1. The molecule has 0 radical (unpaired) electrons. The van der Waals surface area contributed by atoms with Crippen molar-refractivity contribution in [3.8, 4) is 0 Å². The number of amides is 1. The summed E-state index contributed by atoms with van der Waals surface area (Å²) in [6.07, 6.45) is 2.29. The molecule has 0 aliphatic heterocycles. The molecule has 2 aliphatic rings. The number of benzene rings is 1. The maximum Gasteiger partial charge on any atom is 0.241 e. The van der Waals surface area contributed by atoms with E-state index in [-0.39, 0.29) is 17.1 Å². The molecule has 0 spiro atoms. The van der Waals surface area contributed by atoms with E-state index in [0.29, 0.717) is 25.3 Å². The Morgan fingerprint density at radius 1 is 1.29 bits per heavy atom. The molecule has 2 unspecified atom stereocenters. The van der Waals surface area contributed by atoms with Crippen LogP contribution in [0.1, 0.15) is 40.0 Å². The summed E-state index contributed by atoms with van der Waals surface area (Å²) in [5.74, 6) is 0.526. The Kier molecular flexibility index (Phi) is 3.19. The fourth-order valence-electron chi connectivity index (χ4n) is 4.46. The minimum atomic E-state index is -0.802. The molecule has 0 aromatic heterocycles. The van der Waals surface area contributed by atoms with E-state index in [0.717, 1.165) is 12.1 Å². The van der Waals surface area contributed by atoms with Crippen molar-refractivity contribution in [1.29, 1.82) is 0 Å². The van der Waals surface area contributed by atoms with E-state index >= 15 is 0 Å². The van der Waals surface area contributed by atoms with Gasteiger partial charge in [-0.2, -0.15) is 0 Å². The monoisotopic (exact) mass is 285 g/mol. The van der Waals surface area contributed by atoms with Crippen molar-refractivity contribution >= 4 is 17.4 Å². The molecule has 0 saturated heterocycles. The zero-order valence-electron chi connectivity index (χ0n) is 13.1. The topological polar surface area (TPSA) is 37.4 Å². The van der Waals surface area contributed by atoms with Gasteiger partial charge in [-0.3, -0.25) is 9.59 Å². The highest BCUT2D eigenvalue weighted by Gasteiger charge is 2.68. The molecule has 2 atom stereocenters. The number of ketones is 1. The number of rotatable bonds is 3. The maximum absolute atomic E-state index is 13.3. The molecule has 3 heteroatoms. The molecule has 1 amide bonds. The zero-order valence-corrected chi connectivity index (χ0v) is 13.1. The molecule has 21 heavy (non-hydrogen) atoms. The SMILES string of the molecule is CCN(C(=O)C12CCC(CC1=O)C2(C)C)c1ccccc1. The Morgan fingerprint density at radius 3 is 2.43 bits per heavy atom. The van der Waals surface area contributed by atoms with Crippen LogP contribution in [0.5, 0.6) is 0 Å². The Hall–Kier alpha value is -1.64. The van der Waals surface area contributed by atoms with Gasteiger partial charge in [-0.25, -0.2) is 0 Å². The number of Topliss-reactive ketones (excluding diaryl/α,β-unsaturated/α-hetero) is 1. The summed E-state index contributed by atoms with van der Waals surface area (Å²) in [4.78, 5) is 27.7. The van der Waals surface area contributed by atoms with Crippen molar-refractivity contribution < 1.29 is 9.59 Å². The lowest BCUT2D eigenvalue weighted by Crippen LogP contribution is -2.51. The Balaban J connectivity index is 2.03. The van der Waals surface area contributed by atoms with E-state index in [1.807, 2.05) is 37.3 Å². The van der Waals surface area contributed by atoms with E-state index in [4.69, 9.17) is 0 Å². The average Bonchev–Trinajstić information content (AvgIpc) is 2.84. The van der Waals surface area contributed by atoms with Crippen molar-refractivity contribution in [2.75, 3.05) is 11.4 Å². The lowest BCUT2D eigenvalue weighted by Gasteiger charge is -2.38. The molecule has 2 aliphatic carbocycles. The third-order valence-electron chi connectivity index (χ3n) is 5.89. The van der Waals surface area contributed by atoms with Gasteiger partial charge in [0.05, 0.1) is 0 Å². The smallest absolute Gasteiger partial charge is 0.241 e. The van der Waals surface area contributed by atoms with E-state index in [9.17, 15) is 9.59 Å². The average molecular weight is 285 g/mol. The van der Waals surface area contributed by atoms with Crippen LogP contribution in [0.25, 0.3) is 0 Å². The fraction of sp³-hybridized carbons (Fsp3) is 0.556. The predicted octanol–water partition coefficient (Wildman–Crippen LogP) is 3.43. The van der Waals surface area contributed by atoms with Crippen LogP contribution in [-0.4, -0.2) is 18.2 Å². The van der Waals surface area contributed by atoms with Gasteiger partial charge in [-0.15, -0.1) is 0 Å². The Bertz CT molecular complexity index is 578. The van der Waals surface area contributed by atoms with Crippen LogP contribution < -0.4 is 4.90 Å². The van der Waals surface area contributed by atoms with Crippen molar-refractivity contribution in [2.45, 2.75) is 40.0 Å². The summed E-state index contributed by atoms with van der Waals surface area (Å²) in [6, 6.07) is 9.69. The van der Waals surface area contributed by atoms with Gasteiger partial charge in [0, 0.05) is 18.7 Å². The number of carbonyl (C=O) groups is 2. The number of hydrogen-bond donors (Lipinski definition) is 0. The summed E-state index contributed by atoms with van der Waals surface area (Å²) >= 11 is 0. The van der Waals surface area contributed by atoms with Gasteiger partial charge in [0.1, 0.15) is 11.2 Å². The van der Waals surface area contributed by atoms with Gasteiger partial charge >= 0.3 is 0 Å². The summed E-state index contributed by atoms with van der Waals surface area (Å²) in [6.45, 7) is 6.78. The number of carbonyl (C=O) groups excluding carboxylic acids is 2. The first-order chi connectivity index (χ1) is 9.95. The predicted molar refractivity (Wildman–Crippen MR) is 83.0 cm³/mol. The number of anilines is 1. The van der Waals surface area contributed by atoms with Crippen LogP contribution in [0.2, 0.25) is 0 Å². The molecular weight excluding hydrogens is 262 g/mol. The van der Waals surface area contributed by atoms with Gasteiger partial charge in [0.25, 0.3) is 0 Å². The molecule has 0 N–H and O–H groups in total. The van der Waals surface area contributed by atoms with Crippen molar-refractivity contribution in [1.82, 2.24) is 0 Å². The zero-order chi connectivity index (χ0) is 15.3. The van der Waals surface area contributed by atoms with Gasteiger partial charge in [0.15, 0.2) is 0 Å². The second-order valence-corrected chi connectivity index (χ2v) is 6.87. The maximum atomic E-state index is 13.3. The first kappa shape index (κ1) is 14.3. The minimum Gasteiger partial charge on any atom is -0.312 e. The molecule has 1 aromatic carbocycles. The quantitative estimate of drug-likeness (QED) is 0.798. The molecular formula is C18H23NO2. The van der Waals surface area contributed by atoms with E-state index in [1.165, 1.54) is 0 Å². The first-order valence-corrected chi connectivity index (χ1v) is 7.85. The van der Waals surface area contributed by atoms with Gasteiger partial charge in [-0.1, -0.05) is 32.0 Å². The molecule has 3 rings (SSSR count). The standard InChI is InChI=1S/C18H23NO2/c1-4-19(14-8-6-5-7-9-14)16(21)18-11-10-13(12-15(18)20)17(18,2)3/h5-9,13H,4,10-12H2,1-3H3. The molecule has 3 nitrogen and oxygen atoms in total. The highest BCUT2D eigenvalue weighted by atomic mass is 16.2. The summed E-state index contributed by atoms with van der Waals surface area (Å²) in [7, 11) is 0. The molecule has 2 saturated carbocycles. The number of hydrogen-bond acceptors (Lipinski definition) is 2. The second-order valence-electron chi connectivity index (χ2n) is 6.87. The number of fused-ring (bicyclic) bond motifs is 2.